The van der Waals surface area contributed by atoms with Crippen LogP contribution in [0.3, 0.4) is 0 Å². The number of aromatic amines is 2. The minimum absolute atomic E-state index is 0.878. The summed E-state index contributed by atoms with van der Waals surface area (Å²) < 4.78 is 0. The van der Waals surface area contributed by atoms with Crippen molar-refractivity contribution in [3.63, 3.8) is 0 Å². The number of imidazole rings is 2. The number of nitrogens with zero attached hydrogens (tertiary/aromatic N) is 2. The summed E-state index contributed by atoms with van der Waals surface area (Å²) in [7, 11) is 0. The van der Waals surface area contributed by atoms with Crippen LogP contribution in [0.4, 0.5) is 0 Å². The van der Waals surface area contributed by atoms with E-state index in [-0.39, 0.29) is 0 Å². The van der Waals surface area contributed by atoms with E-state index in [1.807, 2.05) is 18.2 Å². The third-order valence-electron chi connectivity index (χ3n) is 4.79. The van der Waals surface area contributed by atoms with Crippen molar-refractivity contribution in [2.45, 2.75) is 44.9 Å². The molecule has 4 nitrogen and oxygen atoms in total. The van der Waals surface area contributed by atoms with Gasteiger partial charge in [-0.25, -0.2) is 9.97 Å². The van der Waals surface area contributed by atoms with E-state index in [9.17, 15) is 0 Å². The molecule has 0 fully saturated rings. The number of unbranched alkanes of at least 4 members (excludes halogenated alkanes) is 5. The second kappa shape index (κ2) is 7.73. The standard InChI is InChI=1S/C22H24N4/c1-2-3-4-5-6-7-12-21-23-19-14-13-16(15-20(19)24-21)22-25-17-10-8-9-11-18(17)26-22/h8,10-11,13-15H,1-7,12H2,(H,23,24)(H,25,26). The molecular formula is C22H24N4. The quantitative estimate of drug-likeness (QED) is 0.407. The maximum atomic E-state index is 4.72. The van der Waals surface area contributed by atoms with Crippen LogP contribution in [0.15, 0.2) is 36.4 Å². The summed E-state index contributed by atoms with van der Waals surface area (Å²) in [5, 5.41) is 0. The fourth-order valence-corrected chi connectivity index (χ4v) is 3.36. The number of aryl methyl sites for hydroxylation is 1. The van der Waals surface area contributed by atoms with Crippen molar-refractivity contribution in [3.05, 3.63) is 55.2 Å². The van der Waals surface area contributed by atoms with Crippen molar-refractivity contribution in [1.29, 1.82) is 0 Å². The van der Waals surface area contributed by atoms with Crippen LogP contribution in [-0.2, 0) is 6.42 Å². The van der Waals surface area contributed by atoms with Crippen LogP contribution in [0.5, 0.6) is 0 Å². The Hall–Kier alpha value is -2.62. The van der Waals surface area contributed by atoms with E-state index in [0.29, 0.717) is 0 Å². The lowest BCUT2D eigenvalue weighted by atomic mass is 10.1. The summed E-state index contributed by atoms with van der Waals surface area (Å²) in [6, 6.07) is 15.1. The van der Waals surface area contributed by atoms with E-state index in [1.54, 1.807) is 0 Å². The molecule has 0 saturated heterocycles. The SMILES string of the molecule is [CH2]CCCCCCCc1nc2ccc(-c3nc4cc[c]cc4[nH]3)cc2[nH]1. The van der Waals surface area contributed by atoms with Crippen molar-refractivity contribution in [3.8, 4) is 11.4 Å². The molecule has 0 saturated carbocycles. The zero-order valence-electron chi connectivity index (χ0n) is 15.0. The summed E-state index contributed by atoms with van der Waals surface area (Å²) in [6.45, 7) is 3.89. The van der Waals surface area contributed by atoms with Crippen molar-refractivity contribution in [1.82, 2.24) is 19.9 Å². The molecule has 4 heteroatoms. The molecule has 0 amide bonds. The first-order chi connectivity index (χ1) is 12.8. The lowest BCUT2D eigenvalue weighted by molar-refractivity contribution is 0.611. The predicted molar refractivity (Wildman–Crippen MR) is 107 cm³/mol. The maximum absolute atomic E-state index is 4.72. The molecule has 132 valence electrons. The molecule has 0 spiro atoms. The first-order valence-corrected chi connectivity index (χ1v) is 9.47. The summed E-state index contributed by atoms with van der Waals surface area (Å²) in [4.78, 5) is 16.2. The minimum atomic E-state index is 0.878. The minimum Gasteiger partial charge on any atom is -0.342 e. The molecule has 4 aromatic rings. The summed E-state index contributed by atoms with van der Waals surface area (Å²) in [6.07, 6.45) is 8.34. The molecule has 0 unspecified atom stereocenters. The molecule has 2 aromatic carbocycles. The summed E-state index contributed by atoms with van der Waals surface area (Å²) in [5.41, 5.74) is 5.12. The smallest absolute Gasteiger partial charge is 0.138 e. The van der Waals surface area contributed by atoms with Gasteiger partial charge in [-0.3, -0.25) is 0 Å². The number of fused-ring (bicyclic) bond motifs is 2. The third kappa shape index (κ3) is 3.64. The first kappa shape index (κ1) is 16.8. The molecule has 2 aromatic heterocycles. The van der Waals surface area contributed by atoms with Crippen LogP contribution in [0.2, 0.25) is 0 Å². The van der Waals surface area contributed by atoms with Gasteiger partial charge in [0, 0.05) is 12.0 Å². The number of benzene rings is 2. The normalized spacial score (nSPS) is 11.6. The van der Waals surface area contributed by atoms with Crippen molar-refractivity contribution in [2.24, 2.45) is 0 Å². The topological polar surface area (TPSA) is 57.4 Å². The number of nitrogens with one attached hydrogen (secondary N) is 2. The van der Waals surface area contributed by atoms with Gasteiger partial charge < -0.3 is 9.97 Å². The molecular weight excluding hydrogens is 320 g/mol. The van der Waals surface area contributed by atoms with Gasteiger partial charge in [-0.2, -0.15) is 0 Å². The zero-order chi connectivity index (χ0) is 17.8. The molecule has 2 heterocycles. The molecule has 2 N–H and O–H groups in total. The molecule has 0 aliphatic heterocycles. The van der Waals surface area contributed by atoms with Crippen molar-refractivity contribution < 1.29 is 0 Å². The largest absolute Gasteiger partial charge is 0.342 e. The van der Waals surface area contributed by atoms with E-state index in [1.165, 1.54) is 32.1 Å². The zero-order valence-corrected chi connectivity index (χ0v) is 15.0. The van der Waals surface area contributed by atoms with Crippen LogP contribution >= 0.6 is 0 Å². The lowest BCUT2D eigenvalue weighted by Crippen LogP contribution is -1.88. The second-order valence-electron chi connectivity index (χ2n) is 6.82. The van der Waals surface area contributed by atoms with Crippen LogP contribution in [0.25, 0.3) is 33.5 Å². The number of hydrogen-bond acceptors (Lipinski definition) is 2. The summed E-state index contributed by atoms with van der Waals surface area (Å²) >= 11 is 0. The van der Waals surface area contributed by atoms with Gasteiger partial charge in [0.15, 0.2) is 0 Å². The molecule has 0 aliphatic rings. The molecule has 2 radical (unpaired) electrons. The van der Waals surface area contributed by atoms with Gasteiger partial charge in [-0.15, -0.1) is 0 Å². The molecule has 0 aliphatic carbocycles. The van der Waals surface area contributed by atoms with Gasteiger partial charge in [0.2, 0.25) is 0 Å². The molecule has 4 rings (SSSR count). The van der Waals surface area contributed by atoms with E-state index in [2.05, 4.69) is 46.1 Å². The Kier molecular flexibility index (Phi) is 5.00. The Labute approximate surface area is 154 Å². The van der Waals surface area contributed by atoms with Crippen LogP contribution in [0.1, 0.15) is 44.3 Å². The Bertz CT molecular complexity index is 963. The number of hydrogen-bond donors (Lipinski definition) is 2. The Morgan fingerprint density at radius 1 is 0.885 bits per heavy atom. The molecule has 0 atom stereocenters. The van der Waals surface area contributed by atoms with Crippen LogP contribution in [0, 0.1) is 13.0 Å². The van der Waals surface area contributed by atoms with Crippen molar-refractivity contribution >= 4 is 22.1 Å². The first-order valence-electron chi connectivity index (χ1n) is 9.47. The number of H-pyrrole nitrogens is 2. The fourth-order valence-electron chi connectivity index (χ4n) is 3.36. The number of aromatic nitrogens is 4. The van der Waals surface area contributed by atoms with Gasteiger partial charge in [0.1, 0.15) is 11.6 Å². The predicted octanol–water partition coefficient (Wildman–Crippen LogP) is 5.62. The molecule has 0 bridgehead atoms. The highest BCUT2D eigenvalue weighted by Crippen LogP contribution is 2.24. The van der Waals surface area contributed by atoms with Gasteiger partial charge in [-0.05, 0) is 42.8 Å². The van der Waals surface area contributed by atoms with Crippen molar-refractivity contribution in [2.75, 3.05) is 0 Å². The Morgan fingerprint density at radius 3 is 2.62 bits per heavy atom. The van der Waals surface area contributed by atoms with Crippen LogP contribution in [-0.4, -0.2) is 19.9 Å². The highest BCUT2D eigenvalue weighted by atomic mass is 14.9. The second-order valence-corrected chi connectivity index (χ2v) is 6.82. The Morgan fingerprint density at radius 2 is 1.73 bits per heavy atom. The van der Waals surface area contributed by atoms with E-state index in [4.69, 9.17) is 4.98 Å². The monoisotopic (exact) mass is 344 g/mol. The molecule has 26 heavy (non-hydrogen) atoms. The highest BCUT2D eigenvalue weighted by Gasteiger charge is 2.08. The van der Waals surface area contributed by atoms with Gasteiger partial charge in [0.05, 0.1) is 22.1 Å². The maximum Gasteiger partial charge on any atom is 0.138 e. The third-order valence-corrected chi connectivity index (χ3v) is 4.79. The lowest BCUT2D eigenvalue weighted by Gasteiger charge is -1.98. The average Bonchev–Trinajstić information content (AvgIpc) is 3.27. The summed E-state index contributed by atoms with van der Waals surface area (Å²) in [5.74, 6) is 1.96. The average molecular weight is 344 g/mol. The fraction of sp³-hybridized carbons (Fsp3) is 0.318. The van der Waals surface area contributed by atoms with E-state index in [0.717, 1.165) is 52.1 Å². The number of rotatable bonds is 8. The van der Waals surface area contributed by atoms with Gasteiger partial charge in [-0.1, -0.05) is 45.1 Å². The highest BCUT2D eigenvalue weighted by molar-refractivity contribution is 5.84. The van der Waals surface area contributed by atoms with Crippen LogP contribution < -0.4 is 0 Å². The van der Waals surface area contributed by atoms with E-state index < -0.39 is 0 Å². The Balaban J connectivity index is 1.47. The van der Waals surface area contributed by atoms with Gasteiger partial charge in [0.25, 0.3) is 0 Å². The van der Waals surface area contributed by atoms with Gasteiger partial charge >= 0.3 is 0 Å². The van der Waals surface area contributed by atoms with E-state index >= 15 is 0 Å².